The summed E-state index contributed by atoms with van der Waals surface area (Å²) in [7, 11) is 0. The van der Waals surface area contributed by atoms with Gasteiger partial charge in [0.1, 0.15) is 12.4 Å². The zero-order valence-electron chi connectivity index (χ0n) is 8.00. The molecule has 1 atom stereocenters. The Morgan fingerprint density at radius 1 is 1.50 bits per heavy atom. The van der Waals surface area contributed by atoms with Crippen LogP contribution in [0.25, 0.3) is 0 Å². The van der Waals surface area contributed by atoms with Crippen LogP contribution in [0, 0.1) is 0 Å². The summed E-state index contributed by atoms with van der Waals surface area (Å²) in [6, 6.07) is 8.04. The van der Waals surface area contributed by atoms with Crippen molar-refractivity contribution in [2.24, 2.45) is 0 Å². The van der Waals surface area contributed by atoms with Crippen molar-refractivity contribution in [2.45, 2.75) is 18.9 Å². The molecule has 2 rings (SSSR count). The largest absolute Gasteiger partial charge is 0.492 e. The second kappa shape index (κ2) is 4.67. The van der Waals surface area contributed by atoms with Crippen molar-refractivity contribution in [2.75, 3.05) is 13.2 Å². The first-order chi connectivity index (χ1) is 6.84. The first-order valence-electron chi connectivity index (χ1n) is 4.96. The van der Waals surface area contributed by atoms with Gasteiger partial charge < -0.3 is 10.1 Å². The number of rotatable bonds is 3. The first kappa shape index (κ1) is 9.81. The molecule has 1 N–H and O–H groups in total. The third-order valence-electron chi connectivity index (χ3n) is 2.41. The molecule has 76 valence electrons. The Labute approximate surface area is 89.2 Å². The fourth-order valence-electron chi connectivity index (χ4n) is 1.65. The summed E-state index contributed by atoms with van der Waals surface area (Å²) < 4.78 is 5.62. The summed E-state index contributed by atoms with van der Waals surface area (Å²) in [5, 5.41) is 4.11. The monoisotopic (exact) mass is 211 g/mol. The SMILES string of the molecule is Clc1cccc(OC[C@@H]2CCCN2)c1. The number of nitrogens with one attached hydrogen (secondary N) is 1. The Morgan fingerprint density at radius 2 is 2.43 bits per heavy atom. The maximum absolute atomic E-state index is 5.84. The van der Waals surface area contributed by atoms with Gasteiger partial charge in [0, 0.05) is 11.1 Å². The lowest BCUT2D eigenvalue weighted by Crippen LogP contribution is -2.28. The standard InChI is InChI=1S/C11H14ClNO/c12-9-3-1-5-11(7-9)14-8-10-4-2-6-13-10/h1,3,5,7,10,13H,2,4,6,8H2/t10-/m0/s1. The van der Waals surface area contributed by atoms with Gasteiger partial charge in [-0.05, 0) is 37.6 Å². The van der Waals surface area contributed by atoms with Gasteiger partial charge in [-0.3, -0.25) is 0 Å². The Bertz CT molecular complexity index is 297. The Kier molecular flexibility index (Phi) is 3.27. The van der Waals surface area contributed by atoms with Crippen LogP contribution in [0.4, 0.5) is 0 Å². The van der Waals surface area contributed by atoms with Crippen molar-refractivity contribution in [3.05, 3.63) is 29.3 Å². The average molecular weight is 212 g/mol. The molecule has 0 aliphatic carbocycles. The van der Waals surface area contributed by atoms with E-state index in [1.807, 2.05) is 24.3 Å². The van der Waals surface area contributed by atoms with Crippen LogP contribution in [-0.2, 0) is 0 Å². The summed E-state index contributed by atoms with van der Waals surface area (Å²) in [6.07, 6.45) is 2.46. The molecule has 1 saturated heterocycles. The van der Waals surface area contributed by atoms with Gasteiger partial charge in [0.25, 0.3) is 0 Å². The second-order valence-corrected chi connectivity index (χ2v) is 4.00. The number of halogens is 1. The van der Waals surface area contributed by atoms with Crippen LogP contribution in [0.15, 0.2) is 24.3 Å². The van der Waals surface area contributed by atoms with E-state index in [4.69, 9.17) is 16.3 Å². The lowest BCUT2D eigenvalue weighted by Gasteiger charge is -2.11. The molecule has 1 aromatic rings. The van der Waals surface area contributed by atoms with E-state index >= 15 is 0 Å². The number of ether oxygens (including phenoxy) is 1. The molecule has 1 aliphatic rings. The molecular weight excluding hydrogens is 198 g/mol. The van der Waals surface area contributed by atoms with Gasteiger partial charge in [0.15, 0.2) is 0 Å². The second-order valence-electron chi connectivity index (χ2n) is 3.56. The molecule has 14 heavy (non-hydrogen) atoms. The lowest BCUT2D eigenvalue weighted by atomic mass is 10.2. The average Bonchev–Trinajstić information content (AvgIpc) is 2.67. The minimum absolute atomic E-state index is 0.508. The molecule has 1 fully saturated rings. The van der Waals surface area contributed by atoms with Crippen LogP contribution in [-0.4, -0.2) is 19.2 Å². The molecule has 1 aromatic carbocycles. The van der Waals surface area contributed by atoms with Gasteiger partial charge in [-0.25, -0.2) is 0 Å². The molecule has 3 heteroatoms. The van der Waals surface area contributed by atoms with Crippen molar-refractivity contribution in [1.82, 2.24) is 5.32 Å². The fourth-order valence-corrected chi connectivity index (χ4v) is 1.83. The summed E-state index contributed by atoms with van der Waals surface area (Å²) in [6.45, 7) is 1.85. The highest BCUT2D eigenvalue weighted by atomic mass is 35.5. The van der Waals surface area contributed by atoms with E-state index < -0.39 is 0 Å². The predicted molar refractivity (Wildman–Crippen MR) is 58.0 cm³/mol. The summed E-state index contributed by atoms with van der Waals surface area (Å²) >= 11 is 5.84. The highest BCUT2D eigenvalue weighted by Gasteiger charge is 2.14. The molecule has 0 radical (unpaired) electrons. The van der Waals surface area contributed by atoms with Crippen LogP contribution in [0.2, 0.25) is 5.02 Å². The molecule has 0 bridgehead atoms. The molecule has 1 heterocycles. The number of hydrogen-bond acceptors (Lipinski definition) is 2. The lowest BCUT2D eigenvalue weighted by molar-refractivity contribution is 0.277. The van der Waals surface area contributed by atoms with E-state index in [9.17, 15) is 0 Å². The Hall–Kier alpha value is -0.730. The van der Waals surface area contributed by atoms with E-state index in [1.165, 1.54) is 12.8 Å². The minimum atomic E-state index is 0.508. The zero-order valence-corrected chi connectivity index (χ0v) is 8.76. The highest BCUT2D eigenvalue weighted by molar-refractivity contribution is 6.30. The van der Waals surface area contributed by atoms with E-state index in [1.54, 1.807) is 0 Å². The normalized spacial score (nSPS) is 21.1. The molecule has 0 saturated carbocycles. The maximum atomic E-state index is 5.84. The highest BCUT2D eigenvalue weighted by Crippen LogP contribution is 2.17. The topological polar surface area (TPSA) is 21.3 Å². The number of hydrogen-bond donors (Lipinski definition) is 1. The van der Waals surface area contributed by atoms with Crippen molar-refractivity contribution in [1.29, 1.82) is 0 Å². The molecule has 1 aliphatic heterocycles. The zero-order chi connectivity index (χ0) is 9.80. The predicted octanol–water partition coefficient (Wildman–Crippen LogP) is 2.47. The molecule has 0 aromatic heterocycles. The van der Waals surface area contributed by atoms with Gasteiger partial charge >= 0.3 is 0 Å². The van der Waals surface area contributed by atoms with Crippen LogP contribution in [0.5, 0.6) is 5.75 Å². The molecule has 2 nitrogen and oxygen atoms in total. The molecule has 0 unspecified atom stereocenters. The summed E-state index contributed by atoms with van der Waals surface area (Å²) in [4.78, 5) is 0. The minimum Gasteiger partial charge on any atom is -0.492 e. The van der Waals surface area contributed by atoms with Gasteiger partial charge in [0.2, 0.25) is 0 Å². The maximum Gasteiger partial charge on any atom is 0.120 e. The van der Waals surface area contributed by atoms with Crippen LogP contribution < -0.4 is 10.1 Å². The van der Waals surface area contributed by atoms with Gasteiger partial charge in [-0.15, -0.1) is 0 Å². The molecular formula is C11H14ClNO. The van der Waals surface area contributed by atoms with E-state index in [-0.39, 0.29) is 0 Å². The summed E-state index contributed by atoms with van der Waals surface area (Å²) in [5.41, 5.74) is 0. The van der Waals surface area contributed by atoms with Crippen LogP contribution >= 0.6 is 11.6 Å². The van der Waals surface area contributed by atoms with Crippen molar-refractivity contribution in [3.8, 4) is 5.75 Å². The van der Waals surface area contributed by atoms with E-state index in [0.717, 1.165) is 23.9 Å². The first-order valence-corrected chi connectivity index (χ1v) is 5.34. The van der Waals surface area contributed by atoms with Crippen LogP contribution in [0.3, 0.4) is 0 Å². The van der Waals surface area contributed by atoms with Crippen molar-refractivity contribution >= 4 is 11.6 Å². The van der Waals surface area contributed by atoms with Gasteiger partial charge in [0.05, 0.1) is 0 Å². The molecule has 0 spiro atoms. The smallest absolute Gasteiger partial charge is 0.120 e. The van der Waals surface area contributed by atoms with Crippen LogP contribution in [0.1, 0.15) is 12.8 Å². The molecule has 0 amide bonds. The Balaban J connectivity index is 1.85. The van der Waals surface area contributed by atoms with Crippen molar-refractivity contribution in [3.63, 3.8) is 0 Å². The Morgan fingerprint density at radius 3 is 3.14 bits per heavy atom. The van der Waals surface area contributed by atoms with E-state index in [2.05, 4.69) is 5.32 Å². The number of benzene rings is 1. The quantitative estimate of drug-likeness (QED) is 0.830. The van der Waals surface area contributed by atoms with Crippen molar-refractivity contribution < 1.29 is 4.74 Å². The van der Waals surface area contributed by atoms with E-state index in [0.29, 0.717) is 6.04 Å². The van der Waals surface area contributed by atoms with Gasteiger partial charge in [-0.2, -0.15) is 0 Å². The summed E-state index contributed by atoms with van der Waals surface area (Å²) in [5.74, 6) is 0.853. The van der Waals surface area contributed by atoms with Gasteiger partial charge in [-0.1, -0.05) is 17.7 Å². The third-order valence-corrected chi connectivity index (χ3v) is 2.64. The third kappa shape index (κ3) is 2.63. The fraction of sp³-hybridized carbons (Fsp3) is 0.455.